The topological polar surface area (TPSA) is 28.4 Å². The third-order valence-corrected chi connectivity index (χ3v) is 4.67. The Morgan fingerprint density at radius 2 is 2.11 bits per heavy atom. The summed E-state index contributed by atoms with van der Waals surface area (Å²) >= 11 is 0. The lowest BCUT2D eigenvalue weighted by Gasteiger charge is -2.37. The molecule has 3 nitrogen and oxygen atoms in total. The van der Waals surface area contributed by atoms with Crippen molar-refractivity contribution < 1.29 is 4.42 Å². The third kappa shape index (κ3) is 3.83. The summed E-state index contributed by atoms with van der Waals surface area (Å²) in [4.78, 5) is 2.42. The van der Waals surface area contributed by atoms with E-state index in [1.54, 1.807) is 6.26 Å². The molecule has 1 aliphatic rings. The lowest BCUT2D eigenvalue weighted by atomic mass is 9.95. The standard InChI is InChI=1S/C16H28N2O/c1-14(8-9-15-7-6-12-19-15)17-13-16(18(2)3)10-4-5-11-16/h6-7,12,14,17H,4-5,8-11,13H2,1-3H3. The monoisotopic (exact) mass is 264 g/mol. The summed E-state index contributed by atoms with van der Waals surface area (Å²) in [6.07, 6.45) is 9.33. The Balaban J connectivity index is 1.74. The van der Waals surface area contributed by atoms with Crippen molar-refractivity contribution in [1.82, 2.24) is 10.2 Å². The molecule has 1 N–H and O–H groups in total. The van der Waals surface area contributed by atoms with Crippen LogP contribution >= 0.6 is 0 Å². The molecule has 0 saturated heterocycles. The number of furan rings is 1. The number of nitrogens with one attached hydrogen (secondary N) is 1. The van der Waals surface area contributed by atoms with Crippen LogP contribution in [-0.4, -0.2) is 37.1 Å². The van der Waals surface area contributed by atoms with Crippen molar-refractivity contribution >= 4 is 0 Å². The summed E-state index contributed by atoms with van der Waals surface area (Å²) in [5.74, 6) is 1.09. The van der Waals surface area contributed by atoms with Gasteiger partial charge in [0.15, 0.2) is 0 Å². The molecule has 0 bridgehead atoms. The quantitative estimate of drug-likeness (QED) is 0.820. The highest BCUT2D eigenvalue weighted by Gasteiger charge is 2.35. The fourth-order valence-electron chi connectivity index (χ4n) is 3.10. The Bertz CT molecular complexity index is 353. The average molecular weight is 264 g/mol. The molecule has 1 unspecified atom stereocenters. The van der Waals surface area contributed by atoms with Crippen LogP contribution in [0.1, 0.15) is 44.8 Å². The summed E-state index contributed by atoms with van der Waals surface area (Å²) in [7, 11) is 4.45. The predicted octanol–water partition coefficient (Wildman–Crippen LogP) is 3.06. The van der Waals surface area contributed by atoms with Crippen LogP contribution in [0, 0.1) is 0 Å². The van der Waals surface area contributed by atoms with Gasteiger partial charge in [-0.05, 0) is 52.4 Å². The van der Waals surface area contributed by atoms with Crippen molar-refractivity contribution in [2.75, 3.05) is 20.6 Å². The molecule has 0 amide bonds. The Morgan fingerprint density at radius 3 is 2.68 bits per heavy atom. The molecule has 1 atom stereocenters. The maximum absolute atomic E-state index is 5.38. The molecule has 1 aliphatic carbocycles. The van der Waals surface area contributed by atoms with Gasteiger partial charge in [-0.2, -0.15) is 0 Å². The smallest absolute Gasteiger partial charge is 0.103 e. The minimum atomic E-state index is 0.388. The van der Waals surface area contributed by atoms with Crippen molar-refractivity contribution in [2.24, 2.45) is 0 Å². The molecule has 3 heteroatoms. The Labute approximate surface area is 117 Å². The maximum Gasteiger partial charge on any atom is 0.103 e. The second-order valence-electron chi connectivity index (χ2n) is 6.23. The van der Waals surface area contributed by atoms with Gasteiger partial charge in [-0.15, -0.1) is 0 Å². The predicted molar refractivity (Wildman–Crippen MR) is 79.4 cm³/mol. The molecule has 1 saturated carbocycles. The van der Waals surface area contributed by atoms with Crippen molar-refractivity contribution in [1.29, 1.82) is 0 Å². The van der Waals surface area contributed by atoms with Crippen molar-refractivity contribution in [3.8, 4) is 0 Å². The fraction of sp³-hybridized carbons (Fsp3) is 0.750. The number of aryl methyl sites for hydroxylation is 1. The van der Waals surface area contributed by atoms with Crippen molar-refractivity contribution in [3.05, 3.63) is 24.2 Å². The molecule has 0 spiro atoms. The van der Waals surface area contributed by atoms with E-state index >= 15 is 0 Å². The number of rotatable bonds is 7. The van der Waals surface area contributed by atoms with E-state index < -0.39 is 0 Å². The van der Waals surface area contributed by atoms with Gasteiger partial charge in [0.25, 0.3) is 0 Å². The third-order valence-electron chi connectivity index (χ3n) is 4.67. The largest absolute Gasteiger partial charge is 0.469 e. The summed E-state index contributed by atoms with van der Waals surface area (Å²) in [5, 5.41) is 3.73. The highest BCUT2D eigenvalue weighted by Crippen LogP contribution is 2.33. The van der Waals surface area contributed by atoms with Gasteiger partial charge in [-0.1, -0.05) is 12.8 Å². The van der Waals surface area contributed by atoms with Crippen LogP contribution in [0.5, 0.6) is 0 Å². The molecule has 1 heterocycles. The first kappa shape index (κ1) is 14.6. The first-order chi connectivity index (χ1) is 9.12. The zero-order valence-electron chi connectivity index (χ0n) is 12.6. The molecule has 1 aromatic rings. The molecule has 19 heavy (non-hydrogen) atoms. The van der Waals surface area contributed by atoms with E-state index in [4.69, 9.17) is 4.42 Å². The van der Waals surface area contributed by atoms with Gasteiger partial charge in [0.1, 0.15) is 5.76 Å². The van der Waals surface area contributed by atoms with Crippen molar-refractivity contribution in [3.63, 3.8) is 0 Å². The first-order valence-electron chi connectivity index (χ1n) is 7.56. The first-order valence-corrected chi connectivity index (χ1v) is 7.56. The Hall–Kier alpha value is -0.800. The van der Waals surface area contributed by atoms with E-state index in [1.165, 1.54) is 25.7 Å². The molecular weight excluding hydrogens is 236 g/mol. The zero-order chi connectivity index (χ0) is 13.7. The van der Waals surface area contributed by atoms with Gasteiger partial charge < -0.3 is 14.6 Å². The van der Waals surface area contributed by atoms with Crippen LogP contribution in [0.15, 0.2) is 22.8 Å². The molecule has 0 aliphatic heterocycles. The number of nitrogens with zero attached hydrogens (tertiary/aromatic N) is 1. The number of hydrogen-bond acceptors (Lipinski definition) is 3. The minimum absolute atomic E-state index is 0.388. The van der Waals surface area contributed by atoms with E-state index in [0.717, 1.165) is 25.1 Å². The number of likely N-dealkylation sites (N-methyl/N-ethyl adjacent to an activating group) is 1. The van der Waals surface area contributed by atoms with Crippen LogP contribution in [0.4, 0.5) is 0 Å². The molecule has 1 aromatic heterocycles. The van der Waals surface area contributed by atoms with E-state index in [1.807, 2.05) is 6.07 Å². The van der Waals surface area contributed by atoms with E-state index in [0.29, 0.717) is 11.6 Å². The van der Waals surface area contributed by atoms with E-state index in [2.05, 4.69) is 37.3 Å². The van der Waals surface area contributed by atoms with Crippen LogP contribution in [0.2, 0.25) is 0 Å². The SMILES string of the molecule is CC(CCc1ccco1)NCC1(N(C)C)CCCC1. The highest BCUT2D eigenvalue weighted by atomic mass is 16.3. The summed E-state index contributed by atoms with van der Waals surface area (Å²) in [6.45, 7) is 3.39. The normalized spacial score (nSPS) is 20.0. The molecule has 0 radical (unpaired) electrons. The summed E-state index contributed by atoms with van der Waals surface area (Å²) in [6, 6.07) is 4.57. The van der Waals surface area contributed by atoms with Crippen LogP contribution < -0.4 is 5.32 Å². The number of hydrogen-bond donors (Lipinski definition) is 1. The lowest BCUT2D eigenvalue weighted by molar-refractivity contribution is 0.149. The van der Waals surface area contributed by atoms with Crippen LogP contribution in [0.3, 0.4) is 0 Å². The molecule has 108 valence electrons. The lowest BCUT2D eigenvalue weighted by Crippen LogP contribution is -2.51. The van der Waals surface area contributed by atoms with Crippen LogP contribution in [0.25, 0.3) is 0 Å². The van der Waals surface area contributed by atoms with Gasteiger partial charge in [0, 0.05) is 24.5 Å². The molecule has 1 fully saturated rings. The second-order valence-corrected chi connectivity index (χ2v) is 6.23. The Morgan fingerprint density at radius 1 is 1.37 bits per heavy atom. The molecule has 0 aromatic carbocycles. The van der Waals surface area contributed by atoms with Gasteiger partial charge in [-0.3, -0.25) is 0 Å². The van der Waals surface area contributed by atoms with E-state index in [9.17, 15) is 0 Å². The van der Waals surface area contributed by atoms with Gasteiger partial charge >= 0.3 is 0 Å². The molecule has 2 rings (SSSR count). The molecular formula is C16H28N2O. The zero-order valence-corrected chi connectivity index (χ0v) is 12.6. The average Bonchev–Trinajstić information content (AvgIpc) is 3.05. The van der Waals surface area contributed by atoms with Gasteiger partial charge in [-0.25, -0.2) is 0 Å². The fourth-order valence-corrected chi connectivity index (χ4v) is 3.10. The van der Waals surface area contributed by atoms with Crippen molar-refractivity contribution in [2.45, 2.75) is 57.0 Å². The maximum atomic E-state index is 5.38. The van der Waals surface area contributed by atoms with Gasteiger partial charge in [0.2, 0.25) is 0 Å². The van der Waals surface area contributed by atoms with Gasteiger partial charge in [0.05, 0.1) is 6.26 Å². The summed E-state index contributed by atoms with van der Waals surface area (Å²) < 4.78 is 5.38. The highest BCUT2D eigenvalue weighted by molar-refractivity contribution is 4.99. The van der Waals surface area contributed by atoms with Crippen LogP contribution in [-0.2, 0) is 6.42 Å². The van der Waals surface area contributed by atoms with E-state index in [-0.39, 0.29) is 0 Å². The summed E-state index contributed by atoms with van der Waals surface area (Å²) in [5.41, 5.74) is 0.388. The minimum Gasteiger partial charge on any atom is -0.469 e. The Kier molecular flexibility index (Phi) is 5.06. The second kappa shape index (κ2) is 6.58.